The average Bonchev–Trinajstić information content (AvgIpc) is 2.25. The SMILES string of the molecule is CC(C#N)=CSc1ccc(OC(F)(F)F)cc1. The molecule has 0 fully saturated rings. The standard InChI is InChI=1S/C11H8F3NOS/c1-8(6-15)7-17-10-4-2-9(3-5-10)16-11(12,13)14/h2-5,7H,1H3. The first-order chi connectivity index (χ1) is 7.90. The van der Waals surface area contributed by atoms with Gasteiger partial charge in [0.1, 0.15) is 5.75 Å². The predicted molar refractivity (Wildman–Crippen MR) is 58.4 cm³/mol. The number of nitriles is 1. The van der Waals surface area contributed by atoms with Gasteiger partial charge < -0.3 is 4.74 Å². The monoisotopic (exact) mass is 259 g/mol. The summed E-state index contributed by atoms with van der Waals surface area (Å²) in [7, 11) is 0. The van der Waals surface area contributed by atoms with E-state index in [-0.39, 0.29) is 5.75 Å². The molecule has 0 aliphatic heterocycles. The molecule has 17 heavy (non-hydrogen) atoms. The molecular formula is C11H8F3NOS. The zero-order chi connectivity index (χ0) is 12.9. The molecule has 0 saturated carbocycles. The Morgan fingerprint density at radius 1 is 1.35 bits per heavy atom. The summed E-state index contributed by atoms with van der Waals surface area (Å²) in [5, 5.41) is 10.1. The number of hydrogen-bond acceptors (Lipinski definition) is 3. The molecule has 1 aromatic rings. The highest BCUT2D eigenvalue weighted by Crippen LogP contribution is 2.26. The van der Waals surface area contributed by atoms with Crippen LogP contribution >= 0.6 is 11.8 Å². The van der Waals surface area contributed by atoms with Crippen molar-refractivity contribution in [2.45, 2.75) is 18.2 Å². The van der Waals surface area contributed by atoms with E-state index in [0.717, 1.165) is 4.90 Å². The summed E-state index contributed by atoms with van der Waals surface area (Å²) >= 11 is 1.26. The maximum absolute atomic E-state index is 11.9. The van der Waals surface area contributed by atoms with Crippen molar-refractivity contribution >= 4 is 11.8 Å². The lowest BCUT2D eigenvalue weighted by atomic mass is 10.3. The van der Waals surface area contributed by atoms with Gasteiger partial charge in [-0.05, 0) is 36.6 Å². The second-order valence-corrected chi connectivity index (χ2v) is 3.99. The molecule has 0 atom stereocenters. The molecule has 0 heterocycles. The van der Waals surface area contributed by atoms with E-state index in [0.29, 0.717) is 5.57 Å². The number of allylic oxidation sites excluding steroid dienone is 1. The second-order valence-electron chi connectivity index (χ2n) is 3.05. The normalized spacial score (nSPS) is 12.1. The molecule has 0 aliphatic carbocycles. The van der Waals surface area contributed by atoms with Gasteiger partial charge in [0, 0.05) is 10.5 Å². The number of rotatable bonds is 3. The van der Waals surface area contributed by atoms with Crippen LogP contribution in [0.3, 0.4) is 0 Å². The van der Waals surface area contributed by atoms with Crippen molar-refractivity contribution in [2.75, 3.05) is 0 Å². The number of halogens is 3. The Bertz CT molecular complexity index is 445. The lowest BCUT2D eigenvalue weighted by Gasteiger charge is -2.08. The average molecular weight is 259 g/mol. The van der Waals surface area contributed by atoms with Crippen LogP contribution in [0.4, 0.5) is 13.2 Å². The first kappa shape index (κ1) is 13.5. The van der Waals surface area contributed by atoms with Gasteiger partial charge in [-0.3, -0.25) is 0 Å². The fourth-order valence-corrected chi connectivity index (χ4v) is 1.56. The highest BCUT2D eigenvalue weighted by Gasteiger charge is 2.30. The van der Waals surface area contributed by atoms with Crippen LogP contribution < -0.4 is 4.74 Å². The maximum atomic E-state index is 11.9. The summed E-state index contributed by atoms with van der Waals surface area (Å²) in [6.07, 6.45) is -4.67. The fourth-order valence-electron chi connectivity index (χ4n) is 0.903. The Kier molecular flexibility index (Phi) is 4.46. The number of thioether (sulfide) groups is 1. The third-order valence-corrected chi connectivity index (χ3v) is 2.62. The van der Waals surface area contributed by atoms with Gasteiger partial charge in [-0.2, -0.15) is 5.26 Å². The van der Waals surface area contributed by atoms with Crippen LogP contribution in [0.5, 0.6) is 5.75 Å². The van der Waals surface area contributed by atoms with E-state index >= 15 is 0 Å². The Morgan fingerprint density at radius 3 is 2.41 bits per heavy atom. The lowest BCUT2D eigenvalue weighted by molar-refractivity contribution is -0.274. The number of alkyl halides is 3. The molecule has 90 valence electrons. The first-order valence-electron chi connectivity index (χ1n) is 4.50. The molecule has 1 rings (SSSR count). The van der Waals surface area contributed by atoms with E-state index in [1.54, 1.807) is 12.3 Å². The quantitative estimate of drug-likeness (QED) is 0.605. The van der Waals surface area contributed by atoms with Crippen LogP contribution in [0.25, 0.3) is 0 Å². The predicted octanol–water partition coefficient (Wildman–Crippen LogP) is 4.10. The largest absolute Gasteiger partial charge is 0.573 e. The van der Waals surface area contributed by atoms with E-state index in [1.165, 1.54) is 36.0 Å². The van der Waals surface area contributed by atoms with Crippen molar-refractivity contribution < 1.29 is 17.9 Å². The molecular weight excluding hydrogens is 251 g/mol. The molecule has 0 bridgehead atoms. The third-order valence-electron chi connectivity index (χ3n) is 1.61. The number of nitrogens with zero attached hydrogens (tertiary/aromatic N) is 1. The van der Waals surface area contributed by atoms with E-state index < -0.39 is 6.36 Å². The topological polar surface area (TPSA) is 33.0 Å². The molecule has 0 N–H and O–H groups in total. The molecule has 0 amide bonds. The van der Waals surface area contributed by atoms with Crippen LogP contribution in [-0.2, 0) is 0 Å². The summed E-state index contributed by atoms with van der Waals surface area (Å²) in [5.74, 6) is -0.261. The summed E-state index contributed by atoms with van der Waals surface area (Å²) < 4.78 is 39.3. The molecule has 0 aliphatic rings. The van der Waals surface area contributed by atoms with Gasteiger partial charge in [-0.1, -0.05) is 11.8 Å². The first-order valence-corrected chi connectivity index (χ1v) is 5.38. The van der Waals surface area contributed by atoms with Crippen LogP contribution in [0, 0.1) is 11.3 Å². The molecule has 0 aromatic heterocycles. The fraction of sp³-hybridized carbons (Fsp3) is 0.182. The van der Waals surface area contributed by atoms with Gasteiger partial charge >= 0.3 is 6.36 Å². The number of hydrogen-bond donors (Lipinski definition) is 0. The van der Waals surface area contributed by atoms with E-state index in [1.807, 2.05) is 6.07 Å². The van der Waals surface area contributed by atoms with Crippen molar-refractivity contribution in [3.05, 3.63) is 35.2 Å². The van der Waals surface area contributed by atoms with Gasteiger partial charge in [-0.25, -0.2) is 0 Å². The van der Waals surface area contributed by atoms with Crippen LogP contribution in [-0.4, -0.2) is 6.36 Å². The molecule has 2 nitrogen and oxygen atoms in total. The zero-order valence-corrected chi connectivity index (χ0v) is 9.60. The minimum Gasteiger partial charge on any atom is -0.406 e. The second kappa shape index (κ2) is 5.64. The van der Waals surface area contributed by atoms with E-state index in [2.05, 4.69) is 4.74 Å². The van der Waals surface area contributed by atoms with Crippen molar-refractivity contribution in [2.24, 2.45) is 0 Å². The minimum atomic E-state index is -4.67. The molecule has 6 heteroatoms. The summed E-state index contributed by atoms with van der Waals surface area (Å²) in [6.45, 7) is 1.65. The Hall–Kier alpha value is -1.61. The van der Waals surface area contributed by atoms with Crippen LogP contribution in [0.2, 0.25) is 0 Å². The molecule has 0 radical (unpaired) electrons. The molecule has 1 aromatic carbocycles. The third kappa shape index (κ3) is 5.31. The van der Waals surface area contributed by atoms with Crippen molar-refractivity contribution in [3.8, 4) is 11.8 Å². The summed E-state index contributed by atoms with van der Waals surface area (Å²) in [4.78, 5) is 0.731. The van der Waals surface area contributed by atoms with Crippen molar-refractivity contribution in [1.82, 2.24) is 0 Å². The van der Waals surface area contributed by atoms with Crippen molar-refractivity contribution in [3.63, 3.8) is 0 Å². The van der Waals surface area contributed by atoms with Gasteiger partial charge in [0.2, 0.25) is 0 Å². The lowest BCUT2D eigenvalue weighted by Crippen LogP contribution is -2.16. The number of benzene rings is 1. The Labute approximate surface area is 101 Å². The van der Waals surface area contributed by atoms with Crippen molar-refractivity contribution in [1.29, 1.82) is 5.26 Å². The summed E-state index contributed by atoms with van der Waals surface area (Å²) in [6, 6.07) is 7.39. The Balaban J connectivity index is 2.66. The molecule has 0 spiro atoms. The Morgan fingerprint density at radius 2 is 1.94 bits per heavy atom. The molecule has 0 unspecified atom stereocenters. The van der Waals surface area contributed by atoms with Gasteiger partial charge in [-0.15, -0.1) is 13.2 Å². The highest BCUT2D eigenvalue weighted by atomic mass is 32.2. The maximum Gasteiger partial charge on any atom is 0.573 e. The van der Waals surface area contributed by atoms with E-state index in [4.69, 9.17) is 5.26 Å². The van der Waals surface area contributed by atoms with Crippen LogP contribution in [0.15, 0.2) is 40.1 Å². The smallest absolute Gasteiger partial charge is 0.406 e. The highest BCUT2D eigenvalue weighted by molar-refractivity contribution is 8.02. The minimum absolute atomic E-state index is 0.261. The zero-order valence-electron chi connectivity index (χ0n) is 8.78. The number of ether oxygens (including phenoxy) is 1. The van der Waals surface area contributed by atoms with Crippen LogP contribution in [0.1, 0.15) is 6.92 Å². The van der Waals surface area contributed by atoms with Gasteiger partial charge in [0.25, 0.3) is 0 Å². The van der Waals surface area contributed by atoms with E-state index in [9.17, 15) is 13.2 Å². The summed E-state index contributed by atoms with van der Waals surface area (Å²) in [5.41, 5.74) is 0.533. The molecule has 0 saturated heterocycles. The van der Waals surface area contributed by atoms with Gasteiger partial charge in [0.15, 0.2) is 0 Å². The van der Waals surface area contributed by atoms with Gasteiger partial charge in [0.05, 0.1) is 6.07 Å².